The number of carbonyl (C=O) groups excluding carboxylic acids is 3. The Morgan fingerprint density at radius 1 is 0.846 bits per heavy atom. The maximum absolute atomic E-state index is 11.9. The Balaban J connectivity index is 1.70. The molecule has 7 heteroatoms. The molecule has 0 bridgehead atoms. The molecule has 2 aromatic carbocycles. The molecule has 6 nitrogen and oxygen atoms in total. The van der Waals surface area contributed by atoms with Crippen molar-refractivity contribution < 1.29 is 14.4 Å². The number of carbonyl (C=O) groups is 3. The van der Waals surface area contributed by atoms with Gasteiger partial charge in [-0.2, -0.15) is 0 Å². The average molecular weight is 418 g/mol. The molecule has 0 unspecified atom stereocenters. The molecule has 136 valence electrons. The van der Waals surface area contributed by atoms with Crippen LogP contribution in [0.1, 0.15) is 18.9 Å². The van der Waals surface area contributed by atoms with Crippen LogP contribution in [0.3, 0.4) is 0 Å². The zero-order valence-electron chi connectivity index (χ0n) is 14.3. The monoisotopic (exact) mass is 417 g/mol. The zero-order chi connectivity index (χ0) is 18.9. The highest BCUT2D eigenvalue weighted by atomic mass is 79.9. The van der Waals surface area contributed by atoms with Gasteiger partial charge in [0.1, 0.15) is 0 Å². The van der Waals surface area contributed by atoms with Crippen LogP contribution >= 0.6 is 15.9 Å². The molecule has 26 heavy (non-hydrogen) atoms. The van der Waals surface area contributed by atoms with Gasteiger partial charge in [0.15, 0.2) is 0 Å². The summed E-state index contributed by atoms with van der Waals surface area (Å²) in [5.41, 5.74) is 2.23. The van der Waals surface area contributed by atoms with E-state index in [1.807, 2.05) is 12.1 Å². The number of anilines is 2. The Bertz CT molecular complexity index is 774. The smallest absolute Gasteiger partial charge is 0.226 e. The van der Waals surface area contributed by atoms with Crippen molar-refractivity contribution in [3.8, 4) is 0 Å². The molecule has 0 spiro atoms. The molecule has 0 aromatic heterocycles. The van der Waals surface area contributed by atoms with Crippen molar-refractivity contribution in [1.82, 2.24) is 5.32 Å². The predicted octanol–water partition coefficient (Wildman–Crippen LogP) is 3.10. The minimum Gasteiger partial charge on any atom is -0.355 e. The molecule has 3 N–H and O–H groups in total. The summed E-state index contributed by atoms with van der Waals surface area (Å²) >= 11 is 3.33. The highest BCUT2D eigenvalue weighted by molar-refractivity contribution is 9.10. The van der Waals surface area contributed by atoms with Gasteiger partial charge in [0.05, 0.1) is 6.42 Å². The first-order valence-corrected chi connectivity index (χ1v) is 8.90. The second-order valence-corrected chi connectivity index (χ2v) is 6.63. The molecular weight excluding hydrogens is 398 g/mol. The summed E-state index contributed by atoms with van der Waals surface area (Å²) in [7, 11) is 0. The maximum atomic E-state index is 11.9. The first-order chi connectivity index (χ1) is 12.4. The van der Waals surface area contributed by atoms with Crippen LogP contribution in [0.5, 0.6) is 0 Å². The standard InChI is InChI=1S/C19H20BrN3O3/c1-13(24)22-16-6-2-14(3-7-16)12-19(26)21-11-10-18(25)23-17-8-4-15(20)5-9-17/h2-9H,10-12H2,1H3,(H,21,26)(H,22,24)(H,23,25). The summed E-state index contributed by atoms with van der Waals surface area (Å²) < 4.78 is 0.938. The van der Waals surface area contributed by atoms with Gasteiger partial charge in [-0.3, -0.25) is 14.4 Å². The number of nitrogens with one attached hydrogen (secondary N) is 3. The summed E-state index contributed by atoms with van der Waals surface area (Å²) in [6.07, 6.45) is 0.415. The summed E-state index contributed by atoms with van der Waals surface area (Å²) in [4.78, 5) is 34.8. The van der Waals surface area contributed by atoms with Crippen molar-refractivity contribution >= 4 is 45.0 Å². The number of hydrogen-bond donors (Lipinski definition) is 3. The highest BCUT2D eigenvalue weighted by Gasteiger charge is 2.06. The largest absolute Gasteiger partial charge is 0.355 e. The summed E-state index contributed by atoms with van der Waals surface area (Å²) in [5, 5.41) is 8.16. The fourth-order valence-electron chi connectivity index (χ4n) is 2.23. The maximum Gasteiger partial charge on any atom is 0.226 e. The van der Waals surface area contributed by atoms with E-state index in [2.05, 4.69) is 31.9 Å². The molecule has 3 amide bonds. The molecule has 0 heterocycles. The number of benzene rings is 2. The lowest BCUT2D eigenvalue weighted by molar-refractivity contribution is -0.120. The van der Waals surface area contributed by atoms with E-state index in [0.29, 0.717) is 11.4 Å². The molecule has 2 rings (SSSR count). The Hall–Kier alpha value is -2.67. The lowest BCUT2D eigenvalue weighted by Crippen LogP contribution is -2.28. The van der Waals surface area contributed by atoms with Crippen molar-refractivity contribution in [2.45, 2.75) is 19.8 Å². The third-order valence-corrected chi connectivity index (χ3v) is 3.97. The average Bonchev–Trinajstić information content (AvgIpc) is 2.58. The lowest BCUT2D eigenvalue weighted by atomic mass is 10.1. The molecule has 0 saturated heterocycles. The van der Waals surface area contributed by atoms with Crippen molar-refractivity contribution in [3.05, 3.63) is 58.6 Å². The summed E-state index contributed by atoms with van der Waals surface area (Å²) in [6, 6.07) is 14.3. The number of amides is 3. The van der Waals surface area contributed by atoms with E-state index in [1.165, 1.54) is 6.92 Å². The number of hydrogen-bond acceptors (Lipinski definition) is 3. The second kappa shape index (κ2) is 9.72. The van der Waals surface area contributed by atoms with Crippen molar-refractivity contribution in [1.29, 1.82) is 0 Å². The molecule has 2 aromatic rings. The van der Waals surface area contributed by atoms with Crippen LogP contribution in [-0.4, -0.2) is 24.3 Å². The van der Waals surface area contributed by atoms with Crippen LogP contribution in [0.25, 0.3) is 0 Å². The normalized spacial score (nSPS) is 10.1. The number of rotatable bonds is 7. The van der Waals surface area contributed by atoms with E-state index in [4.69, 9.17) is 0 Å². The van der Waals surface area contributed by atoms with Gasteiger partial charge in [0.2, 0.25) is 17.7 Å². The minimum absolute atomic E-state index is 0.142. The van der Waals surface area contributed by atoms with Crippen molar-refractivity contribution in [2.24, 2.45) is 0 Å². The van der Waals surface area contributed by atoms with Crippen LogP contribution in [0.15, 0.2) is 53.0 Å². The highest BCUT2D eigenvalue weighted by Crippen LogP contribution is 2.14. The van der Waals surface area contributed by atoms with Gasteiger partial charge in [-0.05, 0) is 42.0 Å². The fourth-order valence-corrected chi connectivity index (χ4v) is 2.49. The molecule has 0 radical (unpaired) electrons. The summed E-state index contributed by atoms with van der Waals surface area (Å²) in [5.74, 6) is -0.460. The van der Waals surface area contributed by atoms with E-state index in [-0.39, 0.29) is 37.1 Å². The van der Waals surface area contributed by atoms with E-state index in [1.54, 1.807) is 36.4 Å². The molecule has 0 saturated carbocycles. The number of halogens is 1. The van der Waals surface area contributed by atoms with E-state index >= 15 is 0 Å². The van der Waals surface area contributed by atoms with Gasteiger partial charge < -0.3 is 16.0 Å². The third kappa shape index (κ3) is 7.06. The topological polar surface area (TPSA) is 87.3 Å². The summed E-state index contributed by atoms with van der Waals surface area (Å²) in [6.45, 7) is 1.71. The van der Waals surface area contributed by atoms with Crippen LogP contribution in [0.2, 0.25) is 0 Å². The SMILES string of the molecule is CC(=O)Nc1ccc(CC(=O)NCCC(=O)Nc2ccc(Br)cc2)cc1. The molecule has 0 atom stereocenters. The zero-order valence-corrected chi connectivity index (χ0v) is 15.9. The van der Waals surface area contributed by atoms with Gasteiger partial charge >= 0.3 is 0 Å². The first-order valence-electron chi connectivity index (χ1n) is 8.11. The first kappa shape index (κ1) is 19.7. The molecular formula is C19H20BrN3O3. The Morgan fingerprint density at radius 2 is 1.42 bits per heavy atom. The van der Waals surface area contributed by atoms with Crippen molar-refractivity contribution in [2.75, 3.05) is 17.2 Å². The van der Waals surface area contributed by atoms with Crippen molar-refractivity contribution in [3.63, 3.8) is 0 Å². The van der Waals surface area contributed by atoms with Gasteiger partial charge in [-0.25, -0.2) is 0 Å². The molecule has 0 aliphatic heterocycles. The van der Waals surface area contributed by atoms with E-state index < -0.39 is 0 Å². The van der Waals surface area contributed by atoms with Gasteiger partial charge in [0, 0.05) is 35.7 Å². The quantitative estimate of drug-likeness (QED) is 0.646. The van der Waals surface area contributed by atoms with E-state index in [9.17, 15) is 14.4 Å². The van der Waals surface area contributed by atoms with Crippen LogP contribution in [0.4, 0.5) is 11.4 Å². The lowest BCUT2D eigenvalue weighted by Gasteiger charge is -2.08. The van der Waals surface area contributed by atoms with Gasteiger partial charge in [-0.15, -0.1) is 0 Å². The molecule has 0 fully saturated rings. The third-order valence-electron chi connectivity index (χ3n) is 3.44. The Labute approximate surface area is 160 Å². The van der Waals surface area contributed by atoms with Crippen LogP contribution in [-0.2, 0) is 20.8 Å². The Kier molecular flexibility index (Phi) is 7.35. The predicted molar refractivity (Wildman–Crippen MR) is 105 cm³/mol. The molecule has 0 aliphatic carbocycles. The molecule has 0 aliphatic rings. The van der Waals surface area contributed by atoms with Gasteiger partial charge in [-0.1, -0.05) is 28.1 Å². The van der Waals surface area contributed by atoms with Gasteiger partial charge in [0.25, 0.3) is 0 Å². The van der Waals surface area contributed by atoms with Crippen LogP contribution in [0, 0.1) is 0 Å². The second-order valence-electron chi connectivity index (χ2n) is 5.71. The fraction of sp³-hybridized carbons (Fsp3) is 0.211. The minimum atomic E-state index is -0.160. The Morgan fingerprint density at radius 3 is 2.04 bits per heavy atom. The van der Waals surface area contributed by atoms with Crippen LogP contribution < -0.4 is 16.0 Å². The van der Waals surface area contributed by atoms with E-state index in [0.717, 1.165) is 10.0 Å².